The molecular weight excluding hydrogens is 271 g/mol. The van der Waals surface area contributed by atoms with Gasteiger partial charge in [-0.05, 0) is 25.0 Å². The number of ketones is 1. The maximum absolute atomic E-state index is 11.9. The Labute approximate surface area is 116 Å². The van der Waals surface area contributed by atoms with Gasteiger partial charge >= 0.3 is 0 Å². The summed E-state index contributed by atoms with van der Waals surface area (Å²) in [5, 5.41) is 1.02. The fourth-order valence-corrected chi connectivity index (χ4v) is 3.60. The third-order valence-corrected chi connectivity index (χ3v) is 4.81. The summed E-state index contributed by atoms with van der Waals surface area (Å²) in [6, 6.07) is 5.30. The number of halogens is 2. The molecule has 0 radical (unpaired) electrons. The topological polar surface area (TPSA) is 26.3 Å². The molecule has 1 unspecified atom stereocenters. The van der Waals surface area contributed by atoms with Crippen LogP contribution in [0.3, 0.4) is 0 Å². The molecule has 1 spiro atoms. The predicted molar refractivity (Wildman–Crippen MR) is 71.4 cm³/mol. The summed E-state index contributed by atoms with van der Waals surface area (Å²) in [6.07, 6.45) is 4.55. The lowest BCUT2D eigenvalue weighted by molar-refractivity contribution is -0.151. The minimum atomic E-state index is -0.248. The Morgan fingerprint density at radius 1 is 1.17 bits per heavy atom. The van der Waals surface area contributed by atoms with E-state index in [1.54, 1.807) is 18.2 Å². The van der Waals surface area contributed by atoms with Gasteiger partial charge in [-0.25, -0.2) is 0 Å². The summed E-state index contributed by atoms with van der Waals surface area (Å²) in [4.78, 5) is 11.9. The molecule has 2 aliphatic rings. The summed E-state index contributed by atoms with van der Waals surface area (Å²) in [6.45, 7) is 0. The third kappa shape index (κ3) is 1.74. The zero-order valence-corrected chi connectivity index (χ0v) is 11.4. The van der Waals surface area contributed by atoms with Crippen molar-refractivity contribution in [3.05, 3.63) is 28.2 Å². The van der Waals surface area contributed by atoms with Crippen LogP contribution in [0, 0.1) is 5.41 Å². The van der Waals surface area contributed by atoms with Crippen molar-refractivity contribution in [2.75, 3.05) is 0 Å². The van der Waals surface area contributed by atoms with Gasteiger partial charge in [0.15, 0.2) is 5.75 Å². The number of carbonyl (C=O) groups is 1. The van der Waals surface area contributed by atoms with Gasteiger partial charge in [-0.3, -0.25) is 4.79 Å². The van der Waals surface area contributed by atoms with Gasteiger partial charge in [0.1, 0.15) is 11.9 Å². The number of hydrogen-bond donors (Lipinski definition) is 0. The SMILES string of the molecule is O=C1CC(Oc2c(Cl)cccc2Cl)C12CCCC2. The second-order valence-electron chi connectivity index (χ2n) is 5.15. The first kappa shape index (κ1) is 12.3. The molecule has 2 saturated carbocycles. The van der Waals surface area contributed by atoms with Crippen molar-refractivity contribution in [2.45, 2.75) is 38.2 Å². The minimum Gasteiger partial charge on any atom is -0.486 e. The number of hydrogen-bond acceptors (Lipinski definition) is 2. The molecule has 1 aromatic rings. The standard InChI is InChI=1S/C14H14Cl2O2/c15-9-4-3-5-10(16)13(9)18-12-8-11(17)14(12)6-1-2-7-14/h3-5,12H,1-2,6-8H2. The minimum absolute atomic E-state index is 0.0510. The Balaban J connectivity index is 1.84. The number of Topliss-reactive ketones (excluding diaryl/α,β-unsaturated/α-hetero) is 1. The predicted octanol–water partition coefficient (Wildman–Crippen LogP) is 4.27. The quantitative estimate of drug-likeness (QED) is 0.811. The lowest BCUT2D eigenvalue weighted by Crippen LogP contribution is -2.55. The van der Waals surface area contributed by atoms with Gasteiger partial charge in [-0.2, -0.15) is 0 Å². The highest BCUT2D eigenvalue weighted by Gasteiger charge is 2.57. The third-order valence-electron chi connectivity index (χ3n) is 4.22. The van der Waals surface area contributed by atoms with E-state index in [9.17, 15) is 4.79 Å². The van der Waals surface area contributed by atoms with Crippen molar-refractivity contribution in [3.8, 4) is 5.75 Å². The highest BCUT2D eigenvalue weighted by atomic mass is 35.5. The summed E-state index contributed by atoms with van der Waals surface area (Å²) >= 11 is 12.2. The van der Waals surface area contributed by atoms with Gasteiger partial charge in [0.25, 0.3) is 0 Å². The van der Waals surface area contributed by atoms with E-state index in [4.69, 9.17) is 27.9 Å². The van der Waals surface area contributed by atoms with E-state index in [1.165, 1.54) is 0 Å². The highest BCUT2D eigenvalue weighted by molar-refractivity contribution is 6.37. The smallest absolute Gasteiger partial charge is 0.156 e. The molecule has 0 heterocycles. The van der Waals surface area contributed by atoms with Crippen LogP contribution in [0.2, 0.25) is 10.0 Å². The average molecular weight is 285 g/mol. The Hall–Kier alpha value is -0.730. The van der Waals surface area contributed by atoms with E-state index in [0.717, 1.165) is 25.7 Å². The Morgan fingerprint density at radius 2 is 1.78 bits per heavy atom. The normalized spacial score (nSPS) is 25.2. The van der Waals surface area contributed by atoms with Crippen molar-refractivity contribution in [2.24, 2.45) is 5.41 Å². The van der Waals surface area contributed by atoms with Crippen molar-refractivity contribution in [3.63, 3.8) is 0 Å². The van der Waals surface area contributed by atoms with Gasteiger partial charge in [-0.15, -0.1) is 0 Å². The Morgan fingerprint density at radius 3 is 2.33 bits per heavy atom. The lowest BCUT2D eigenvalue weighted by Gasteiger charge is -2.44. The Bertz CT molecular complexity index is 472. The number of carbonyl (C=O) groups excluding carboxylic acids is 1. The molecule has 2 fully saturated rings. The molecule has 2 nitrogen and oxygen atoms in total. The van der Waals surface area contributed by atoms with Crippen molar-refractivity contribution < 1.29 is 9.53 Å². The molecule has 0 aromatic heterocycles. The number of para-hydroxylation sites is 1. The number of ether oxygens (including phenoxy) is 1. The first-order valence-electron chi connectivity index (χ1n) is 6.27. The van der Waals surface area contributed by atoms with Crippen molar-refractivity contribution in [1.29, 1.82) is 0 Å². The molecule has 4 heteroatoms. The van der Waals surface area contributed by atoms with Crippen LogP contribution in [-0.2, 0) is 4.79 Å². The zero-order valence-electron chi connectivity index (χ0n) is 9.92. The van der Waals surface area contributed by atoms with Crippen LogP contribution in [0.15, 0.2) is 18.2 Å². The monoisotopic (exact) mass is 284 g/mol. The van der Waals surface area contributed by atoms with E-state index in [1.807, 2.05) is 0 Å². The van der Waals surface area contributed by atoms with Crippen molar-refractivity contribution >= 4 is 29.0 Å². The molecule has 1 atom stereocenters. The summed E-state index contributed by atoms with van der Waals surface area (Å²) in [5.41, 5.74) is -0.248. The molecule has 2 aliphatic carbocycles. The molecule has 18 heavy (non-hydrogen) atoms. The van der Waals surface area contributed by atoms with Crippen LogP contribution in [0.5, 0.6) is 5.75 Å². The fourth-order valence-electron chi connectivity index (χ4n) is 3.11. The molecule has 0 N–H and O–H groups in total. The second kappa shape index (κ2) is 4.43. The van der Waals surface area contributed by atoms with Crippen LogP contribution in [-0.4, -0.2) is 11.9 Å². The zero-order chi connectivity index (χ0) is 12.8. The summed E-state index contributed by atoms with van der Waals surface area (Å²) in [5.74, 6) is 0.859. The highest BCUT2D eigenvalue weighted by Crippen LogP contribution is 2.52. The van der Waals surface area contributed by atoms with Crippen LogP contribution >= 0.6 is 23.2 Å². The molecule has 0 aliphatic heterocycles. The molecular formula is C14H14Cl2O2. The molecule has 3 rings (SSSR count). The molecule has 1 aromatic carbocycles. The van der Waals surface area contributed by atoms with E-state index < -0.39 is 0 Å². The molecule has 0 amide bonds. The molecule has 0 bridgehead atoms. The fraction of sp³-hybridized carbons (Fsp3) is 0.500. The van der Waals surface area contributed by atoms with E-state index in [-0.39, 0.29) is 11.5 Å². The van der Waals surface area contributed by atoms with Crippen LogP contribution in [0.25, 0.3) is 0 Å². The number of benzene rings is 1. The first-order chi connectivity index (χ1) is 8.63. The summed E-state index contributed by atoms with van der Waals surface area (Å²) in [7, 11) is 0. The molecule has 96 valence electrons. The van der Waals surface area contributed by atoms with Crippen LogP contribution in [0.4, 0.5) is 0 Å². The van der Waals surface area contributed by atoms with Gasteiger partial charge in [0.05, 0.1) is 15.5 Å². The second-order valence-corrected chi connectivity index (χ2v) is 5.96. The van der Waals surface area contributed by atoms with Gasteiger partial charge in [0.2, 0.25) is 0 Å². The van der Waals surface area contributed by atoms with E-state index >= 15 is 0 Å². The average Bonchev–Trinajstić information content (AvgIpc) is 2.84. The first-order valence-corrected chi connectivity index (χ1v) is 7.03. The van der Waals surface area contributed by atoms with E-state index in [0.29, 0.717) is 28.0 Å². The summed E-state index contributed by atoms with van der Waals surface area (Å²) < 4.78 is 5.94. The largest absolute Gasteiger partial charge is 0.486 e. The van der Waals surface area contributed by atoms with Gasteiger partial charge in [-0.1, -0.05) is 42.1 Å². The Kier molecular flexibility index (Phi) is 3.03. The van der Waals surface area contributed by atoms with Crippen LogP contribution in [0.1, 0.15) is 32.1 Å². The van der Waals surface area contributed by atoms with E-state index in [2.05, 4.69) is 0 Å². The maximum atomic E-state index is 11.9. The van der Waals surface area contributed by atoms with Gasteiger partial charge in [0, 0.05) is 6.42 Å². The molecule has 0 saturated heterocycles. The lowest BCUT2D eigenvalue weighted by atomic mass is 9.63. The number of rotatable bonds is 2. The van der Waals surface area contributed by atoms with Crippen LogP contribution < -0.4 is 4.74 Å². The maximum Gasteiger partial charge on any atom is 0.156 e. The van der Waals surface area contributed by atoms with Gasteiger partial charge < -0.3 is 4.74 Å². The van der Waals surface area contributed by atoms with Crippen molar-refractivity contribution in [1.82, 2.24) is 0 Å².